The van der Waals surface area contributed by atoms with Gasteiger partial charge in [0.2, 0.25) is 5.91 Å². The van der Waals surface area contributed by atoms with Crippen LogP contribution >= 0.6 is 0 Å². The molecule has 0 aromatic heterocycles. The summed E-state index contributed by atoms with van der Waals surface area (Å²) in [6, 6.07) is 2.08. The van der Waals surface area contributed by atoms with Gasteiger partial charge in [0.25, 0.3) is 0 Å². The number of morpholine rings is 1. The second kappa shape index (κ2) is 10.9. The topological polar surface area (TPSA) is 51.2 Å². The minimum absolute atomic E-state index is 0.0923. The Labute approximate surface area is 177 Å². The number of benzene rings is 1. The minimum Gasteiger partial charge on any atom is -0.486 e. The second-order valence-electron chi connectivity index (χ2n) is 7.73. The van der Waals surface area contributed by atoms with Crippen LogP contribution in [0.5, 0.6) is 11.5 Å². The average molecular weight is 427 g/mol. The third kappa shape index (κ3) is 5.82. The van der Waals surface area contributed by atoms with Gasteiger partial charge in [-0.05, 0) is 38.3 Å². The summed E-state index contributed by atoms with van der Waals surface area (Å²) < 4.78 is 43.2. The molecular weight excluding hydrogens is 394 g/mol. The number of carbonyl (C=O) groups is 1. The van der Waals surface area contributed by atoms with Crippen LogP contribution < -0.4 is 9.47 Å². The van der Waals surface area contributed by atoms with Gasteiger partial charge in [-0.3, -0.25) is 9.69 Å². The summed E-state index contributed by atoms with van der Waals surface area (Å²) in [5, 5.41) is 0. The highest BCUT2D eigenvalue weighted by Gasteiger charge is 2.28. The van der Waals surface area contributed by atoms with E-state index in [-0.39, 0.29) is 30.1 Å². The van der Waals surface area contributed by atoms with Crippen LogP contribution in [0.3, 0.4) is 0 Å². The van der Waals surface area contributed by atoms with E-state index in [1.54, 1.807) is 0 Å². The normalized spacial score (nSPS) is 22.5. The predicted octanol–water partition coefficient (Wildman–Crippen LogP) is 3.09. The second-order valence-corrected chi connectivity index (χ2v) is 7.73. The Hall–Kier alpha value is -1.93. The van der Waals surface area contributed by atoms with Crippen LogP contribution in [-0.4, -0.2) is 74.4 Å². The number of hydrogen-bond acceptors (Lipinski definition) is 5. The number of halogens is 2. The fraction of sp³-hybridized carbons (Fsp3) is 0.682. The maximum atomic E-state index is 13.4. The van der Waals surface area contributed by atoms with Crippen LogP contribution in [0.2, 0.25) is 0 Å². The first-order chi connectivity index (χ1) is 14.6. The molecule has 30 heavy (non-hydrogen) atoms. The molecule has 3 heterocycles. The van der Waals surface area contributed by atoms with Crippen molar-refractivity contribution in [3.8, 4) is 11.5 Å². The summed E-state index contributed by atoms with van der Waals surface area (Å²) in [7, 11) is 0. The third-order valence-electron chi connectivity index (χ3n) is 5.77. The molecule has 1 amide bonds. The molecule has 6 nitrogen and oxygen atoms in total. The average Bonchev–Trinajstić information content (AvgIpc) is 2.77. The fourth-order valence-electron chi connectivity index (χ4n) is 4.07. The SMILES string of the molecule is CC.O=C1COCCN1CCC1CCN(C[C@H]2COc3cc(F)c(F)cc3O2)CC1. The Kier molecular flexibility index (Phi) is 8.27. The van der Waals surface area contributed by atoms with E-state index in [0.29, 0.717) is 32.2 Å². The van der Waals surface area contributed by atoms with Gasteiger partial charge in [0.15, 0.2) is 23.1 Å². The van der Waals surface area contributed by atoms with E-state index in [2.05, 4.69) is 4.90 Å². The summed E-state index contributed by atoms with van der Waals surface area (Å²) in [4.78, 5) is 16.0. The van der Waals surface area contributed by atoms with E-state index in [1.807, 2.05) is 18.7 Å². The third-order valence-corrected chi connectivity index (χ3v) is 5.77. The van der Waals surface area contributed by atoms with Crippen LogP contribution in [0.4, 0.5) is 8.78 Å². The van der Waals surface area contributed by atoms with Gasteiger partial charge in [-0.2, -0.15) is 0 Å². The largest absolute Gasteiger partial charge is 0.486 e. The van der Waals surface area contributed by atoms with Gasteiger partial charge < -0.3 is 19.1 Å². The first-order valence-electron chi connectivity index (χ1n) is 10.9. The van der Waals surface area contributed by atoms with E-state index in [4.69, 9.17) is 14.2 Å². The number of ether oxygens (including phenoxy) is 3. The molecule has 2 saturated heterocycles. The van der Waals surface area contributed by atoms with Crippen molar-refractivity contribution in [2.24, 2.45) is 5.92 Å². The van der Waals surface area contributed by atoms with Gasteiger partial charge in [0, 0.05) is 31.8 Å². The van der Waals surface area contributed by atoms with Gasteiger partial charge in [0.05, 0.1) is 6.61 Å². The number of piperidine rings is 1. The summed E-state index contributed by atoms with van der Waals surface area (Å²) in [6.07, 6.45) is 3.01. The molecule has 0 bridgehead atoms. The predicted molar refractivity (Wildman–Crippen MR) is 109 cm³/mol. The molecule has 1 aromatic rings. The number of nitrogens with zero attached hydrogens (tertiary/aromatic N) is 2. The van der Waals surface area contributed by atoms with E-state index in [9.17, 15) is 13.6 Å². The first kappa shape index (κ1) is 22.7. The molecule has 1 atom stereocenters. The molecule has 8 heteroatoms. The van der Waals surface area contributed by atoms with Gasteiger partial charge in [-0.1, -0.05) is 13.8 Å². The summed E-state index contributed by atoms with van der Waals surface area (Å²) in [5.41, 5.74) is 0. The van der Waals surface area contributed by atoms with Crippen LogP contribution in [0.15, 0.2) is 12.1 Å². The highest BCUT2D eigenvalue weighted by molar-refractivity contribution is 5.77. The quantitative estimate of drug-likeness (QED) is 0.724. The smallest absolute Gasteiger partial charge is 0.248 e. The van der Waals surface area contributed by atoms with Crippen molar-refractivity contribution < 1.29 is 27.8 Å². The molecule has 0 spiro atoms. The van der Waals surface area contributed by atoms with Crippen molar-refractivity contribution >= 4 is 5.91 Å². The number of amides is 1. The summed E-state index contributed by atoms with van der Waals surface area (Å²) in [6.45, 7) is 9.31. The Balaban J connectivity index is 0.00000124. The van der Waals surface area contributed by atoms with E-state index >= 15 is 0 Å². The molecule has 0 saturated carbocycles. The first-order valence-corrected chi connectivity index (χ1v) is 10.9. The molecule has 3 aliphatic heterocycles. The number of likely N-dealkylation sites (tertiary alicyclic amines) is 1. The standard InChI is InChI=1S/C20H26F2N2O4.C2H6/c21-16-9-18-19(10-17(16)22)28-15(12-27-18)11-23-4-1-14(2-5-23)3-6-24-7-8-26-13-20(24)25;1-2/h9-10,14-15H,1-8,11-13H2;1-2H3/t15-;/m0./s1. The Morgan fingerprint density at radius 2 is 1.77 bits per heavy atom. The van der Waals surface area contributed by atoms with E-state index in [1.165, 1.54) is 0 Å². The monoisotopic (exact) mass is 426 g/mol. The lowest BCUT2D eigenvalue weighted by molar-refractivity contribution is -0.142. The maximum Gasteiger partial charge on any atom is 0.248 e. The number of hydrogen-bond donors (Lipinski definition) is 0. The molecule has 2 fully saturated rings. The van der Waals surface area contributed by atoms with E-state index in [0.717, 1.165) is 51.0 Å². The van der Waals surface area contributed by atoms with Crippen LogP contribution in [0.1, 0.15) is 33.1 Å². The zero-order valence-electron chi connectivity index (χ0n) is 17.9. The van der Waals surface area contributed by atoms with Gasteiger partial charge in [-0.25, -0.2) is 8.78 Å². The summed E-state index contributed by atoms with van der Waals surface area (Å²) in [5.74, 6) is -0.626. The molecule has 0 unspecified atom stereocenters. The van der Waals surface area contributed by atoms with Crippen molar-refractivity contribution in [2.45, 2.75) is 39.2 Å². The summed E-state index contributed by atoms with van der Waals surface area (Å²) >= 11 is 0. The molecule has 4 rings (SSSR count). The Bertz CT molecular complexity index is 711. The zero-order chi connectivity index (χ0) is 21.5. The Morgan fingerprint density at radius 3 is 2.47 bits per heavy atom. The molecule has 3 aliphatic rings. The minimum atomic E-state index is -0.929. The van der Waals surface area contributed by atoms with Crippen LogP contribution in [0.25, 0.3) is 0 Å². The van der Waals surface area contributed by atoms with E-state index < -0.39 is 11.6 Å². The zero-order valence-corrected chi connectivity index (χ0v) is 17.9. The van der Waals surface area contributed by atoms with Crippen molar-refractivity contribution in [3.05, 3.63) is 23.8 Å². The number of carbonyl (C=O) groups excluding carboxylic acids is 1. The van der Waals surface area contributed by atoms with Gasteiger partial charge in [-0.15, -0.1) is 0 Å². The van der Waals surface area contributed by atoms with Crippen LogP contribution in [0, 0.1) is 17.6 Å². The molecule has 0 N–H and O–H groups in total. The highest BCUT2D eigenvalue weighted by atomic mass is 19.2. The fourth-order valence-corrected chi connectivity index (χ4v) is 4.07. The number of rotatable bonds is 5. The van der Waals surface area contributed by atoms with Crippen molar-refractivity contribution in [1.29, 1.82) is 0 Å². The highest BCUT2D eigenvalue weighted by Crippen LogP contribution is 2.34. The van der Waals surface area contributed by atoms with Gasteiger partial charge >= 0.3 is 0 Å². The van der Waals surface area contributed by atoms with Crippen LogP contribution in [-0.2, 0) is 9.53 Å². The maximum absolute atomic E-state index is 13.4. The molecule has 0 radical (unpaired) electrons. The molecule has 0 aliphatic carbocycles. The lowest BCUT2D eigenvalue weighted by atomic mass is 9.93. The van der Waals surface area contributed by atoms with Crippen molar-refractivity contribution in [1.82, 2.24) is 9.80 Å². The molecule has 1 aromatic carbocycles. The molecule has 168 valence electrons. The van der Waals surface area contributed by atoms with Crippen molar-refractivity contribution in [3.63, 3.8) is 0 Å². The lowest BCUT2D eigenvalue weighted by Crippen LogP contribution is -2.45. The van der Waals surface area contributed by atoms with Gasteiger partial charge in [0.1, 0.15) is 19.3 Å². The number of fused-ring (bicyclic) bond motifs is 1. The lowest BCUT2D eigenvalue weighted by Gasteiger charge is -2.36. The molecular formula is C22H32F2N2O4. The van der Waals surface area contributed by atoms with Crippen molar-refractivity contribution in [2.75, 3.05) is 52.5 Å². The Morgan fingerprint density at radius 1 is 1.07 bits per heavy atom.